The number of para-hydroxylation sites is 1. The van der Waals surface area contributed by atoms with Crippen LogP contribution in [0, 0.1) is 11.8 Å². The van der Waals surface area contributed by atoms with Gasteiger partial charge in [0.1, 0.15) is 23.1 Å². The molecule has 8 heteroatoms. The Hall–Kier alpha value is -4.43. The number of benzene rings is 3. The number of carbonyl (C=O) groups is 3. The monoisotopic (exact) mass is 591 g/mol. The van der Waals surface area contributed by atoms with Crippen LogP contribution < -0.4 is 15.4 Å². The van der Waals surface area contributed by atoms with Crippen LogP contribution in [0.4, 0.5) is 5.69 Å². The second-order valence-electron chi connectivity index (χ2n) is 12.2. The Balaban J connectivity index is 1.11. The van der Waals surface area contributed by atoms with Gasteiger partial charge in [0.15, 0.2) is 0 Å². The maximum absolute atomic E-state index is 14.2. The van der Waals surface area contributed by atoms with Gasteiger partial charge in [-0.25, -0.2) is 0 Å². The number of amides is 3. The Kier molecular flexibility index (Phi) is 7.68. The smallest absolute Gasteiger partial charge is 0.246 e. The molecule has 3 heterocycles. The number of fused-ring (bicyclic) bond motifs is 1. The lowest BCUT2D eigenvalue weighted by Crippen LogP contribution is -2.56. The van der Waals surface area contributed by atoms with Crippen LogP contribution in [0.25, 0.3) is 0 Å². The van der Waals surface area contributed by atoms with Crippen molar-refractivity contribution in [1.82, 2.24) is 10.2 Å². The van der Waals surface area contributed by atoms with E-state index in [4.69, 9.17) is 9.47 Å². The molecule has 3 aliphatic heterocycles. The van der Waals surface area contributed by atoms with Crippen LogP contribution in [0.1, 0.15) is 37.7 Å². The van der Waals surface area contributed by atoms with E-state index >= 15 is 0 Å². The van der Waals surface area contributed by atoms with Gasteiger partial charge in [-0.3, -0.25) is 14.4 Å². The van der Waals surface area contributed by atoms with Crippen LogP contribution in [0.5, 0.6) is 11.5 Å². The lowest BCUT2D eigenvalue weighted by atomic mass is 9.74. The van der Waals surface area contributed by atoms with Crippen molar-refractivity contribution in [1.29, 1.82) is 0 Å². The molecule has 1 saturated carbocycles. The van der Waals surface area contributed by atoms with Gasteiger partial charge >= 0.3 is 0 Å². The Morgan fingerprint density at radius 1 is 0.864 bits per heavy atom. The zero-order valence-corrected chi connectivity index (χ0v) is 24.6. The molecule has 4 aliphatic rings. The molecule has 2 bridgehead atoms. The minimum absolute atomic E-state index is 0.0910. The van der Waals surface area contributed by atoms with Crippen molar-refractivity contribution in [3.05, 3.63) is 103 Å². The number of rotatable bonds is 9. The summed E-state index contributed by atoms with van der Waals surface area (Å²) in [6, 6.07) is 25.8. The van der Waals surface area contributed by atoms with Gasteiger partial charge in [0.2, 0.25) is 17.7 Å². The molecule has 226 valence electrons. The zero-order chi connectivity index (χ0) is 30.1. The van der Waals surface area contributed by atoms with E-state index in [0.717, 1.165) is 37.0 Å². The standard InChI is InChI=1S/C36H37N3O5/c40-33(37-26-16-18-28(19-17-26)43-27-14-8-3-9-15-27)30-29-20-22-36(44-29)31(30)35(42)39(23-21-24-10-4-1-5-11-24)32(36)34(41)38-25-12-6-2-7-13-25/h1,3-5,8-11,14-20,22,25,29-32H,2,6-7,12-13,21,23H2,(H,37,40)(H,38,41)/t29-,30?,31-,32?,36?/m1/s1. The van der Waals surface area contributed by atoms with Crippen LogP contribution in [-0.4, -0.2) is 53.0 Å². The largest absolute Gasteiger partial charge is 0.457 e. The second-order valence-corrected chi connectivity index (χ2v) is 12.2. The predicted octanol–water partition coefficient (Wildman–Crippen LogP) is 5.26. The van der Waals surface area contributed by atoms with Gasteiger partial charge in [-0.05, 0) is 61.2 Å². The van der Waals surface area contributed by atoms with E-state index < -0.39 is 29.6 Å². The van der Waals surface area contributed by atoms with Crippen LogP contribution in [-0.2, 0) is 25.5 Å². The van der Waals surface area contributed by atoms with Crippen molar-refractivity contribution < 1.29 is 23.9 Å². The van der Waals surface area contributed by atoms with Crippen molar-refractivity contribution in [2.24, 2.45) is 11.8 Å². The summed E-state index contributed by atoms with van der Waals surface area (Å²) in [6.07, 6.45) is 8.96. The van der Waals surface area contributed by atoms with Crippen LogP contribution in [0.3, 0.4) is 0 Å². The highest BCUT2D eigenvalue weighted by Crippen LogP contribution is 2.55. The number of nitrogens with zero attached hydrogens (tertiary/aromatic N) is 1. The summed E-state index contributed by atoms with van der Waals surface area (Å²) < 4.78 is 12.4. The fraction of sp³-hybridized carbons (Fsp3) is 0.361. The van der Waals surface area contributed by atoms with Gasteiger partial charge < -0.3 is 25.0 Å². The first kappa shape index (κ1) is 28.3. The number of nitrogens with one attached hydrogen (secondary N) is 2. The topological polar surface area (TPSA) is 97.0 Å². The third-order valence-corrected chi connectivity index (χ3v) is 9.46. The van der Waals surface area contributed by atoms with Crippen molar-refractivity contribution >= 4 is 23.4 Å². The molecule has 5 atom stereocenters. The van der Waals surface area contributed by atoms with Crippen LogP contribution >= 0.6 is 0 Å². The van der Waals surface area contributed by atoms with Gasteiger partial charge in [-0.2, -0.15) is 0 Å². The molecule has 1 aliphatic carbocycles. The Morgan fingerprint density at radius 3 is 2.27 bits per heavy atom. The van der Waals surface area contributed by atoms with E-state index in [0.29, 0.717) is 24.4 Å². The van der Waals surface area contributed by atoms with E-state index in [-0.39, 0.29) is 23.8 Å². The summed E-state index contributed by atoms with van der Waals surface area (Å²) in [7, 11) is 0. The Labute approximate surface area is 257 Å². The number of likely N-dealkylation sites (tertiary alicyclic amines) is 1. The highest BCUT2D eigenvalue weighted by molar-refractivity contribution is 6.02. The fourth-order valence-corrected chi connectivity index (χ4v) is 7.39. The summed E-state index contributed by atoms with van der Waals surface area (Å²) in [5.74, 6) is -0.863. The summed E-state index contributed by atoms with van der Waals surface area (Å²) in [6.45, 7) is 0.364. The SMILES string of the molecule is O=C(Nc1ccc(Oc2ccccc2)cc1)C1[C@H]2C=CC3(O2)C(C(=O)NC2CCCCC2)N(CCc2ccccc2)C(=O)[C@@H]13. The summed E-state index contributed by atoms with van der Waals surface area (Å²) in [4.78, 5) is 43.7. The van der Waals surface area contributed by atoms with Crippen molar-refractivity contribution in [2.75, 3.05) is 11.9 Å². The fourth-order valence-electron chi connectivity index (χ4n) is 7.39. The van der Waals surface area contributed by atoms with E-state index in [1.807, 2.05) is 72.8 Å². The van der Waals surface area contributed by atoms with E-state index in [1.165, 1.54) is 6.42 Å². The van der Waals surface area contributed by atoms with Gasteiger partial charge in [-0.1, -0.05) is 79.9 Å². The van der Waals surface area contributed by atoms with Gasteiger partial charge in [0.25, 0.3) is 0 Å². The van der Waals surface area contributed by atoms with E-state index in [1.54, 1.807) is 29.2 Å². The zero-order valence-electron chi connectivity index (χ0n) is 24.6. The summed E-state index contributed by atoms with van der Waals surface area (Å²) >= 11 is 0. The predicted molar refractivity (Wildman–Crippen MR) is 166 cm³/mol. The van der Waals surface area contributed by atoms with Crippen LogP contribution in [0.15, 0.2) is 97.1 Å². The van der Waals surface area contributed by atoms with Gasteiger partial charge in [-0.15, -0.1) is 0 Å². The molecular weight excluding hydrogens is 554 g/mol. The minimum atomic E-state index is -1.17. The quantitative estimate of drug-likeness (QED) is 0.331. The second kappa shape index (κ2) is 11.9. The average molecular weight is 592 g/mol. The third-order valence-electron chi connectivity index (χ3n) is 9.46. The molecule has 3 unspecified atom stereocenters. The summed E-state index contributed by atoms with van der Waals surface area (Å²) in [5, 5.41) is 6.24. The average Bonchev–Trinajstić information content (AvgIpc) is 3.69. The molecule has 2 saturated heterocycles. The number of hydrogen-bond donors (Lipinski definition) is 2. The Morgan fingerprint density at radius 2 is 1.55 bits per heavy atom. The molecule has 1 spiro atoms. The molecule has 0 radical (unpaired) electrons. The number of anilines is 1. The first-order valence-corrected chi connectivity index (χ1v) is 15.7. The molecule has 8 nitrogen and oxygen atoms in total. The molecule has 0 aromatic heterocycles. The Bertz CT molecular complexity index is 1540. The lowest BCUT2D eigenvalue weighted by molar-refractivity contribution is -0.141. The maximum atomic E-state index is 14.2. The molecule has 3 amide bonds. The molecular formula is C36H37N3O5. The van der Waals surface area contributed by atoms with Crippen molar-refractivity contribution in [3.63, 3.8) is 0 Å². The first-order valence-electron chi connectivity index (χ1n) is 15.7. The van der Waals surface area contributed by atoms with Crippen molar-refractivity contribution in [3.8, 4) is 11.5 Å². The first-order chi connectivity index (χ1) is 21.5. The lowest BCUT2D eigenvalue weighted by Gasteiger charge is -2.34. The number of hydrogen-bond acceptors (Lipinski definition) is 5. The normalized spacial score (nSPS) is 27.3. The highest BCUT2D eigenvalue weighted by atomic mass is 16.5. The highest BCUT2D eigenvalue weighted by Gasteiger charge is 2.72. The molecule has 3 fully saturated rings. The summed E-state index contributed by atoms with van der Waals surface area (Å²) in [5.41, 5.74) is 0.497. The van der Waals surface area contributed by atoms with Gasteiger partial charge in [0, 0.05) is 18.3 Å². The molecule has 44 heavy (non-hydrogen) atoms. The van der Waals surface area contributed by atoms with E-state index in [9.17, 15) is 14.4 Å². The molecule has 7 rings (SSSR count). The minimum Gasteiger partial charge on any atom is -0.457 e. The molecule has 2 N–H and O–H groups in total. The van der Waals surface area contributed by atoms with E-state index in [2.05, 4.69) is 10.6 Å². The molecule has 3 aromatic rings. The third kappa shape index (κ3) is 5.28. The van der Waals surface area contributed by atoms with Crippen LogP contribution in [0.2, 0.25) is 0 Å². The number of ether oxygens (including phenoxy) is 2. The number of carbonyl (C=O) groups excluding carboxylic acids is 3. The molecule has 3 aromatic carbocycles. The van der Waals surface area contributed by atoms with Crippen molar-refractivity contribution in [2.45, 2.75) is 62.3 Å². The maximum Gasteiger partial charge on any atom is 0.246 e. The van der Waals surface area contributed by atoms with Gasteiger partial charge in [0.05, 0.1) is 17.9 Å².